The van der Waals surface area contributed by atoms with Crippen LogP contribution < -0.4 is 0 Å². The lowest BCUT2D eigenvalue weighted by Gasteiger charge is -2.22. The zero-order valence-corrected chi connectivity index (χ0v) is 10.4. The van der Waals surface area contributed by atoms with Gasteiger partial charge in [0.2, 0.25) is 0 Å². The zero-order chi connectivity index (χ0) is 11.0. The van der Waals surface area contributed by atoms with Crippen molar-refractivity contribution >= 4 is 0 Å². The molecule has 1 heteroatoms. The summed E-state index contributed by atoms with van der Waals surface area (Å²) in [4.78, 5) is 0. The minimum Gasteiger partial charge on any atom is -0.243 e. The maximum absolute atomic E-state index is 14.4. The minimum atomic E-state index is -0.851. The highest BCUT2D eigenvalue weighted by Crippen LogP contribution is 2.67. The van der Waals surface area contributed by atoms with Crippen LogP contribution >= 0.6 is 0 Å². The van der Waals surface area contributed by atoms with Crippen molar-refractivity contribution in [2.45, 2.75) is 66.0 Å². The Kier molecular flexibility index (Phi) is 3.28. The Balaban J connectivity index is 2.56. The van der Waals surface area contributed by atoms with Gasteiger partial charge in [0.15, 0.2) is 0 Å². The minimum absolute atomic E-state index is 0.0332. The van der Waals surface area contributed by atoms with Crippen molar-refractivity contribution in [3.05, 3.63) is 0 Å². The van der Waals surface area contributed by atoms with Gasteiger partial charge in [-0.15, -0.1) is 0 Å². The van der Waals surface area contributed by atoms with Crippen LogP contribution in [0.15, 0.2) is 0 Å². The number of hydrogen-bond donors (Lipinski definition) is 0. The van der Waals surface area contributed by atoms with Crippen molar-refractivity contribution in [2.75, 3.05) is 0 Å². The second-order valence-electron chi connectivity index (χ2n) is 5.76. The van der Waals surface area contributed by atoms with E-state index in [1.54, 1.807) is 0 Å². The monoisotopic (exact) mass is 200 g/mol. The molecule has 0 aromatic rings. The molecule has 0 saturated heterocycles. The Morgan fingerprint density at radius 3 is 2.07 bits per heavy atom. The van der Waals surface area contributed by atoms with E-state index in [2.05, 4.69) is 20.8 Å². The van der Waals surface area contributed by atoms with E-state index < -0.39 is 5.67 Å². The smallest absolute Gasteiger partial charge is 0.119 e. The molecule has 0 aliphatic heterocycles. The van der Waals surface area contributed by atoms with Gasteiger partial charge in [-0.05, 0) is 31.1 Å². The molecular formula is C13H25F. The van der Waals surface area contributed by atoms with Gasteiger partial charge in [0, 0.05) is 5.41 Å². The topological polar surface area (TPSA) is 0 Å². The molecule has 0 bridgehead atoms. The van der Waals surface area contributed by atoms with Crippen molar-refractivity contribution in [1.82, 2.24) is 0 Å². The molecule has 0 N–H and O–H groups in total. The van der Waals surface area contributed by atoms with Gasteiger partial charge < -0.3 is 0 Å². The highest BCUT2D eigenvalue weighted by molar-refractivity contribution is 5.17. The van der Waals surface area contributed by atoms with Crippen molar-refractivity contribution in [3.8, 4) is 0 Å². The van der Waals surface area contributed by atoms with E-state index in [4.69, 9.17) is 0 Å². The summed E-state index contributed by atoms with van der Waals surface area (Å²) in [6, 6.07) is 0. The second-order valence-corrected chi connectivity index (χ2v) is 5.76. The highest BCUT2D eigenvalue weighted by atomic mass is 19.1. The van der Waals surface area contributed by atoms with Gasteiger partial charge in [-0.25, -0.2) is 4.39 Å². The molecule has 1 rings (SSSR count). The summed E-state index contributed by atoms with van der Waals surface area (Å²) in [6.07, 6.45) is 4.07. The maximum Gasteiger partial charge on any atom is 0.119 e. The van der Waals surface area contributed by atoms with Gasteiger partial charge >= 0.3 is 0 Å². The molecule has 0 spiro atoms. The SMILES string of the molecule is CCC1(CCC(C)C)C[C@]1(F)C(C)C. The Labute approximate surface area is 88.3 Å². The number of rotatable bonds is 5. The summed E-state index contributed by atoms with van der Waals surface area (Å²) in [5, 5.41) is 0. The van der Waals surface area contributed by atoms with Crippen molar-refractivity contribution in [1.29, 1.82) is 0 Å². The van der Waals surface area contributed by atoms with E-state index in [1.807, 2.05) is 13.8 Å². The largest absolute Gasteiger partial charge is 0.243 e. The lowest BCUT2D eigenvalue weighted by atomic mass is 9.86. The van der Waals surface area contributed by atoms with Crippen LogP contribution in [-0.2, 0) is 0 Å². The Morgan fingerprint density at radius 2 is 1.79 bits per heavy atom. The molecular weight excluding hydrogens is 175 g/mol. The van der Waals surface area contributed by atoms with Gasteiger partial charge in [0.25, 0.3) is 0 Å². The van der Waals surface area contributed by atoms with Crippen LogP contribution in [0.2, 0.25) is 0 Å². The molecule has 0 amide bonds. The van der Waals surface area contributed by atoms with Gasteiger partial charge in [0.05, 0.1) is 0 Å². The fraction of sp³-hybridized carbons (Fsp3) is 1.00. The van der Waals surface area contributed by atoms with Crippen LogP contribution in [0, 0.1) is 17.3 Å². The normalized spacial score (nSPS) is 36.9. The lowest BCUT2D eigenvalue weighted by molar-refractivity contribution is 0.147. The molecule has 84 valence electrons. The van der Waals surface area contributed by atoms with Crippen molar-refractivity contribution in [3.63, 3.8) is 0 Å². The first kappa shape index (κ1) is 12.0. The molecule has 0 aromatic carbocycles. The maximum atomic E-state index is 14.4. The average molecular weight is 200 g/mol. The summed E-state index contributed by atoms with van der Waals surface area (Å²) in [5.74, 6) is 0.894. The first-order valence-electron chi connectivity index (χ1n) is 6.07. The first-order valence-corrected chi connectivity index (χ1v) is 6.07. The molecule has 0 heterocycles. The lowest BCUT2D eigenvalue weighted by Crippen LogP contribution is -2.21. The van der Waals surface area contributed by atoms with Gasteiger partial charge in [0.1, 0.15) is 5.67 Å². The summed E-state index contributed by atoms with van der Waals surface area (Å²) < 4.78 is 14.4. The van der Waals surface area contributed by atoms with Crippen LogP contribution in [0.4, 0.5) is 4.39 Å². The van der Waals surface area contributed by atoms with E-state index in [-0.39, 0.29) is 11.3 Å². The van der Waals surface area contributed by atoms with E-state index >= 15 is 0 Å². The average Bonchev–Trinajstić information content (AvgIpc) is 2.71. The summed E-state index contributed by atoms with van der Waals surface area (Å²) in [6.45, 7) is 10.6. The van der Waals surface area contributed by atoms with Crippen molar-refractivity contribution < 1.29 is 4.39 Å². The van der Waals surface area contributed by atoms with E-state index in [9.17, 15) is 4.39 Å². The first-order chi connectivity index (χ1) is 6.38. The molecule has 0 radical (unpaired) electrons. The summed E-state index contributed by atoms with van der Waals surface area (Å²) in [5.41, 5.74) is -0.817. The second kappa shape index (κ2) is 3.83. The predicted molar refractivity (Wildman–Crippen MR) is 60.1 cm³/mol. The Bertz CT molecular complexity index is 197. The van der Waals surface area contributed by atoms with Crippen LogP contribution in [0.1, 0.15) is 60.3 Å². The third-order valence-electron chi connectivity index (χ3n) is 4.14. The number of alkyl halides is 1. The van der Waals surface area contributed by atoms with E-state index in [1.165, 1.54) is 6.42 Å². The number of halogens is 1. The molecule has 1 aliphatic rings. The predicted octanol–water partition coefficient (Wildman–Crippen LogP) is 4.59. The molecule has 2 atom stereocenters. The Hall–Kier alpha value is -0.0700. The third kappa shape index (κ3) is 1.83. The summed E-state index contributed by atoms with van der Waals surface area (Å²) >= 11 is 0. The molecule has 1 fully saturated rings. The van der Waals surface area contributed by atoms with Gasteiger partial charge in [-0.1, -0.05) is 41.0 Å². The standard InChI is InChI=1S/C13H25F/c1-6-12(8-7-10(2)3)9-13(12,14)11(4)5/h10-11H,6-9H2,1-5H3/t12?,13-/m0/s1. The molecule has 0 aromatic heterocycles. The quantitative estimate of drug-likeness (QED) is 0.609. The fourth-order valence-electron chi connectivity index (χ4n) is 2.72. The highest BCUT2D eigenvalue weighted by Gasteiger charge is 2.68. The van der Waals surface area contributed by atoms with Gasteiger partial charge in [-0.3, -0.25) is 0 Å². The van der Waals surface area contributed by atoms with Crippen LogP contribution in [-0.4, -0.2) is 5.67 Å². The summed E-state index contributed by atoms with van der Waals surface area (Å²) in [7, 11) is 0. The fourth-order valence-corrected chi connectivity index (χ4v) is 2.72. The molecule has 14 heavy (non-hydrogen) atoms. The third-order valence-corrected chi connectivity index (χ3v) is 4.14. The molecule has 0 nitrogen and oxygen atoms in total. The van der Waals surface area contributed by atoms with Gasteiger partial charge in [-0.2, -0.15) is 0 Å². The molecule has 1 unspecified atom stereocenters. The Morgan fingerprint density at radius 1 is 1.21 bits per heavy atom. The van der Waals surface area contributed by atoms with E-state index in [0.29, 0.717) is 5.92 Å². The van der Waals surface area contributed by atoms with Crippen LogP contribution in [0.3, 0.4) is 0 Å². The molecule has 1 saturated carbocycles. The number of hydrogen-bond acceptors (Lipinski definition) is 0. The van der Waals surface area contributed by atoms with Crippen LogP contribution in [0.25, 0.3) is 0 Å². The molecule has 1 aliphatic carbocycles. The van der Waals surface area contributed by atoms with E-state index in [0.717, 1.165) is 19.3 Å². The zero-order valence-electron chi connectivity index (χ0n) is 10.4. The van der Waals surface area contributed by atoms with Crippen molar-refractivity contribution in [2.24, 2.45) is 17.3 Å². The van der Waals surface area contributed by atoms with Crippen LogP contribution in [0.5, 0.6) is 0 Å².